The number of urea groups is 1. The lowest BCUT2D eigenvalue weighted by atomic mass is 9.72. The number of hydrogen-bond acceptors (Lipinski definition) is 17. The lowest BCUT2D eigenvalue weighted by Crippen LogP contribution is -2.71. The maximum Gasteiger partial charge on any atom is 0.341 e. The molecule has 0 aromatic rings. The molecule has 2 amide bonds. The fourth-order valence-corrected chi connectivity index (χ4v) is 6.15. The van der Waals surface area contributed by atoms with Gasteiger partial charge in [-0.05, 0) is 20.4 Å². The van der Waals surface area contributed by atoms with Crippen molar-refractivity contribution in [1.29, 1.82) is 0 Å². The molecule has 2 saturated heterocycles. The summed E-state index contributed by atoms with van der Waals surface area (Å²) in [6.07, 6.45) is -14.6. The number of nitrogens with one attached hydrogen (secondary N) is 3. The molecular formula is C25H50N6O13. The zero-order valence-corrected chi connectivity index (χ0v) is 24.8. The van der Waals surface area contributed by atoms with Crippen LogP contribution in [0.4, 0.5) is 4.79 Å². The first-order valence-corrected chi connectivity index (χ1v) is 14.6. The SMILES string of the molecule is CN[C@@H]1[C@@H](O)[C@@H](O[C@H]2[C@H](NC(=O)N(O)CCN)C[C@H](N)C([C@H]3O[C@H](CNCC(O)CO)[C@@H](O)[C@H](O)[C@H]3O)[C@@H]2O)OC[C@]1(C)O. The Balaban J connectivity index is 1.87. The average Bonchev–Trinajstić information content (AvgIpc) is 2.96. The van der Waals surface area contributed by atoms with Gasteiger partial charge in [0.1, 0.15) is 36.1 Å². The molecule has 1 saturated carbocycles. The summed E-state index contributed by atoms with van der Waals surface area (Å²) in [5, 5.41) is 103. The van der Waals surface area contributed by atoms with Crippen molar-refractivity contribution < 1.29 is 65.1 Å². The number of hydrogen-bond donors (Lipinski definition) is 14. The molecule has 2 unspecified atom stereocenters. The molecule has 15 atom stereocenters. The van der Waals surface area contributed by atoms with Crippen molar-refractivity contribution in [3.63, 3.8) is 0 Å². The Morgan fingerprint density at radius 1 is 1.14 bits per heavy atom. The van der Waals surface area contributed by atoms with Gasteiger partial charge in [0.15, 0.2) is 6.29 Å². The highest BCUT2D eigenvalue weighted by atomic mass is 16.7. The second-order valence-electron chi connectivity index (χ2n) is 11.9. The van der Waals surface area contributed by atoms with Gasteiger partial charge in [-0.1, -0.05) is 0 Å². The van der Waals surface area contributed by atoms with E-state index in [1.54, 1.807) is 0 Å². The van der Waals surface area contributed by atoms with E-state index in [-0.39, 0.29) is 39.2 Å². The number of likely N-dealkylation sites (N-methyl/N-ethyl adjacent to an activating group) is 1. The molecule has 1 aliphatic carbocycles. The van der Waals surface area contributed by atoms with E-state index in [2.05, 4.69) is 16.0 Å². The second-order valence-corrected chi connectivity index (χ2v) is 11.9. The first kappa shape index (κ1) is 37.1. The first-order chi connectivity index (χ1) is 20.7. The zero-order valence-electron chi connectivity index (χ0n) is 24.8. The van der Waals surface area contributed by atoms with E-state index in [9.17, 15) is 45.7 Å². The van der Waals surface area contributed by atoms with Crippen LogP contribution in [0.3, 0.4) is 0 Å². The number of rotatable bonds is 12. The van der Waals surface area contributed by atoms with Gasteiger partial charge >= 0.3 is 6.03 Å². The summed E-state index contributed by atoms with van der Waals surface area (Å²) in [6, 6.07) is -3.98. The zero-order chi connectivity index (χ0) is 32.9. The van der Waals surface area contributed by atoms with E-state index >= 15 is 0 Å². The summed E-state index contributed by atoms with van der Waals surface area (Å²) >= 11 is 0. The lowest BCUT2D eigenvalue weighted by molar-refractivity contribution is -0.303. The molecule has 44 heavy (non-hydrogen) atoms. The van der Waals surface area contributed by atoms with Gasteiger partial charge in [-0.15, -0.1) is 0 Å². The van der Waals surface area contributed by atoms with E-state index in [4.69, 9.17) is 30.8 Å². The van der Waals surface area contributed by atoms with Crippen LogP contribution in [0.1, 0.15) is 13.3 Å². The molecule has 0 radical (unpaired) electrons. The fraction of sp³-hybridized carbons (Fsp3) is 0.960. The van der Waals surface area contributed by atoms with Crippen LogP contribution < -0.4 is 27.4 Å². The van der Waals surface area contributed by atoms with Crippen LogP contribution >= 0.6 is 0 Å². The second kappa shape index (κ2) is 16.0. The molecule has 3 fully saturated rings. The normalized spacial score (nSPS) is 43.8. The third-order valence-corrected chi connectivity index (χ3v) is 8.53. The van der Waals surface area contributed by atoms with Crippen molar-refractivity contribution in [3.05, 3.63) is 0 Å². The first-order valence-electron chi connectivity index (χ1n) is 14.6. The number of nitrogens with zero attached hydrogens (tertiary/aromatic N) is 1. The molecule has 0 bridgehead atoms. The average molecular weight is 643 g/mol. The molecule has 16 N–H and O–H groups in total. The van der Waals surface area contributed by atoms with Gasteiger partial charge in [-0.2, -0.15) is 0 Å². The molecule has 19 nitrogen and oxygen atoms in total. The van der Waals surface area contributed by atoms with E-state index < -0.39 is 104 Å². The van der Waals surface area contributed by atoms with Gasteiger partial charge < -0.3 is 82.5 Å². The van der Waals surface area contributed by atoms with Crippen LogP contribution in [0.15, 0.2) is 0 Å². The van der Waals surface area contributed by atoms with E-state index in [1.807, 2.05) is 0 Å². The van der Waals surface area contributed by atoms with E-state index in [1.165, 1.54) is 14.0 Å². The maximum atomic E-state index is 12.7. The highest BCUT2D eigenvalue weighted by molar-refractivity contribution is 5.73. The summed E-state index contributed by atoms with van der Waals surface area (Å²) in [7, 11) is 1.52. The highest BCUT2D eigenvalue weighted by Gasteiger charge is 2.56. The molecule has 19 heteroatoms. The smallest absolute Gasteiger partial charge is 0.341 e. The Bertz CT molecular complexity index is 911. The predicted octanol–water partition coefficient (Wildman–Crippen LogP) is -7.34. The minimum absolute atomic E-state index is 0.0494. The number of aliphatic hydroxyl groups is 8. The number of aliphatic hydroxyl groups excluding tert-OH is 7. The lowest BCUT2D eigenvalue weighted by Gasteiger charge is -2.52. The van der Waals surface area contributed by atoms with Crippen LogP contribution in [0, 0.1) is 5.92 Å². The quantitative estimate of drug-likeness (QED) is 0.0694. The minimum atomic E-state index is -1.72. The van der Waals surface area contributed by atoms with Crippen molar-refractivity contribution in [1.82, 2.24) is 21.0 Å². The fourth-order valence-electron chi connectivity index (χ4n) is 6.15. The Labute approximate surface area is 254 Å². The summed E-state index contributed by atoms with van der Waals surface area (Å²) in [5.74, 6) is -1.17. The molecule has 258 valence electrons. The third-order valence-electron chi connectivity index (χ3n) is 8.53. The van der Waals surface area contributed by atoms with Gasteiger partial charge in [-0.25, -0.2) is 9.86 Å². The summed E-state index contributed by atoms with van der Waals surface area (Å²) < 4.78 is 17.6. The number of carbonyl (C=O) groups is 1. The number of carbonyl (C=O) groups excluding carboxylic acids is 1. The van der Waals surface area contributed by atoms with Crippen LogP contribution in [-0.4, -0.2) is 189 Å². The maximum absolute atomic E-state index is 12.7. The molecular weight excluding hydrogens is 592 g/mol. The molecule has 0 aromatic heterocycles. The number of amides is 2. The minimum Gasteiger partial charge on any atom is -0.394 e. The van der Waals surface area contributed by atoms with Crippen molar-refractivity contribution >= 4 is 6.03 Å². The van der Waals surface area contributed by atoms with Gasteiger partial charge in [0.2, 0.25) is 0 Å². The van der Waals surface area contributed by atoms with Crippen molar-refractivity contribution in [2.75, 3.05) is 46.4 Å². The molecule has 2 heterocycles. The third kappa shape index (κ3) is 8.31. The van der Waals surface area contributed by atoms with Gasteiger partial charge in [0.25, 0.3) is 0 Å². The summed E-state index contributed by atoms with van der Waals surface area (Å²) in [4.78, 5) is 12.7. The van der Waals surface area contributed by atoms with Crippen LogP contribution in [0.5, 0.6) is 0 Å². The highest BCUT2D eigenvalue weighted by Crippen LogP contribution is 2.37. The van der Waals surface area contributed by atoms with E-state index in [0.29, 0.717) is 5.06 Å². The van der Waals surface area contributed by atoms with Gasteiger partial charge in [0.05, 0.1) is 56.3 Å². The monoisotopic (exact) mass is 642 g/mol. The number of hydroxylamine groups is 2. The van der Waals surface area contributed by atoms with Crippen molar-refractivity contribution in [3.8, 4) is 0 Å². The number of nitrogens with two attached hydrogens (primary N) is 2. The van der Waals surface area contributed by atoms with Crippen LogP contribution in [0.2, 0.25) is 0 Å². The largest absolute Gasteiger partial charge is 0.394 e. The van der Waals surface area contributed by atoms with Gasteiger partial charge in [-0.3, -0.25) is 5.21 Å². The summed E-state index contributed by atoms with van der Waals surface area (Å²) in [5.41, 5.74) is 10.4. The van der Waals surface area contributed by atoms with Crippen molar-refractivity contribution in [2.45, 2.75) is 98.3 Å². The molecule has 0 aromatic carbocycles. The van der Waals surface area contributed by atoms with Gasteiger partial charge in [0, 0.05) is 31.6 Å². The standard InChI is InChI=1S/C25H50N6O13/c1-25(40)9-42-23(19(38)22(25)28-2)44-20-12(30-24(39)31(41)4-3-26)5-11(27)14(16(20)35)21-18(37)17(36)15(34)13(43-21)7-29-6-10(33)8-32/h10-23,28-29,32-38,40-41H,3-9,26-27H2,1-2H3,(H,30,39)/t10?,11-,12+,13+,14?,15+,16-,17-,18+,19+,20-,21+,22+,23+,25-/m0/s1. The molecule has 2 aliphatic heterocycles. The van der Waals surface area contributed by atoms with Crippen LogP contribution in [-0.2, 0) is 14.2 Å². The van der Waals surface area contributed by atoms with Crippen LogP contribution in [0.25, 0.3) is 0 Å². The molecule has 0 spiro atoms. The van der Waals surface area contributed by atoms with E-state index in [0.717, 1.165) is 0 Å². The Morgan fingerprint density at radius 2 is 1.82 bits per heavy atom. The Morgan fingerprint density at radius 3 is 2.43 bits per heavy atom. The van der Waals surface area contributed by atoms with Crippen molar-refractivity contribution in [2.24, 2.45) is 17.4 Å². The number of ether oxygens (including phenoxy) is 3. The predicted molar refractivity (Wildman–Crippen MR) is 149 cm³/mol. The summed E-state index contributed by atoms with van der Waals surface area (Å²) in [6.45, 7) is 0.231. The molecule has 3 rings (SSSR count). The Hall–Kier alpha value is -1.37. The molecule has 3 aliphatic rings. The Kier molecular flexibility index (Phi) is 13.4. The topological polar surface area (TPSA) is 318 Å².